The molecule has 104 valence electrons. The van der Waals surface area contributed by atoms with Crippen LogP contribution in [0.4, 0.5) is 0 Å². The zero-order chi connectivity index (χ0) is 12.9. The third-order valence-corrected chi connectivity index (χ3v) is 9.75. The number of hydrogen-bond donors (Lipinski definition) is 0. The molecular formula is C13H30As2S2. The van der Waals surface area contributed by atoms with Crippen molar-refractivity contribution in [1.82, 2.24) is 0 Å². The predicted octanol–water partition coefficient (Wildman–Crippen LogP) is 5.13. The monoisotopic (exact) mass is 400 g/mol. The number of thioether (sulfide) groups is 2. The molecule has 0 nitrogen and oxygen atoms in total. The van der Waals surface area contributed by atoms with E-state index in [1.165, 1.54) is 42.3 Å². The van der Waals surface area contributed by atoms with Crippen LogP contribution in [0, 0.1) is 0 Å². The number of hydrogen-bond acceptors (Lipinski definition) is 2. The van der Waals surface area contributed by atoms with Gasteiger partial charge in [0.1, 0.15) is 0 Å². The summed E-state index contributed by atoms with van der Waals surface area (Å²) in [4.78, 5) is 0. The summed E-state index contributed by atoms with van der Waals surface area (Å²) >= 11 is 3.70. The van der Waals surface area contributed by atoms with Crippen molar-refractivity contribution >= 4 is 52.8 Å². The van der Waals surface area contributed by atoms with Crippen LogP contribution in [-0.2, 0) is 0 Å². The van der Waals surface area contributed by atoms with Gasteiger partial charge >= 0.3 is 128 Å². The summed E-state index contributed by atoms with van der Waals surface area (Å²) in [6.45, 7) is 0. The zero-order valence-electron chi connectivity index (χ0n) is 12.1. The average molecular weight is 400 g/mol. The van der Waals surface area contributed by atoms with E-state index in [9.17, 15) is 0 Å². The van der Waals surface area contributed by atoms with Crippen LogP contribution in [0.2, 0.25) is 33.3 Å². The quantitative estimate of drug-likeness (QED) is 0.329. The van der Waals surface area contributed by atoms with Gasteiger partial charge in [0, 0.05) is 0 Å². The summed E-state index contributed by atoms with van der Waals surface area (Å²) in [5, 5.41) is 3.10. The average Bonchev–Trinajstić information content (AvgIpc) is 2.25. The fourth-order valence-corrected chi connectivity index (χ4v) is 7.67. The molecule has 0 N–H and O–H groups in total. The zero-order valence-corrected chi connectivity index (χ0v) is 17.5. The van der Waals surface area contributed by atoms with E-state index in [1.54, 1.807) is 10.4 Å². The second-order valence-electron chi connectivity index (χ2n) is 4.89. The van der Waals surface area contributed by atoms with Gasteiger partial charge in [0.25, 0.3) is 0 Å². The van der Waals surface area contributed by atoms with E-state index < -0.39 is 0 Å². The molecule has 0 heterocycles. The van der Waals surface area contributed by atoms with E-state index in [-0.39, 0.29) is 29.3 Å². The van der Waals surface area contributed by atoms with Crippen LogP contribution in [0.5, 0.6) is 0 Å². The van der Waals surface area contributed by atoms with Crippen molar-refractivity contribution < 1.29 is 0 Å². The van der Waals surface area contributed by atoms with Crippen molar-refractivity contribution in [2.75, 3.05) is 23.0 Å². The number of rotatable bonds is 12. The Hall–Kier alpha value is 1.82. The molecule has 0 fully saturated rings. The fraction of sp³-hybridized carbons (Fsp3) is 1.00. The van der Waals surface area contributed by atoms with Gasteiger partial charge < -0.3 is 0 Å². The molecule has 0 saturated carbocycles. The minimum atomic E-state index is -0.329. The Morgan fingerprint density at radius 1 is 0.588 bits per heavy atom. The summed E-state index contributed by atoms with van der Waals surface area (Å²) in [6, 6.07) is 0. The van der Waals surface area contributed by atoms with Gasteiger partial charge in [-0.3, -0.25) is 0 Å². The van der Waals surface area contributed by atoms with Gasteiger partial charge in [-0.1, -0.05) is 0 Å². The second kappa shape index (κ2) is 14.2. The van der Waals surface area contributed by atoms with Gasteiger partial charge in [-0.2, -0.15) is 0 Å². The molecule has 0 bridgehead atoms. The molecule has 0 rings (SSSR count). The van der Waals surface area contributed by atoms with Gasteiger partial charge in [0.2, 0.25) is 0 Å². The Morgan fingerprint density at radius 3 is 1.29 bits per heavy atom. The maximum absolute atomic E-state index is 2.47. The summed E-state index contributed by atoms with van der Waals surface area (Å²) in [6.07, 6.45) is 4.38. The van der Waals surface area contributed by atoms with Crippen LogP contribution in [-0.4, -0.2) is 52.3 Å². The van der Waals surface area contributed by atoms with Crippen molar-refractivity contribution in [2.45, 2.75) is 52.5 Å². The second-order valence-corrected chi connectivity index (χ2v) is 18.3. The van der Waals surface area contributed by atoms with Crippen LogP contribution in [0.3, 0.4) is 0 Å². The molecule has 0 aromatic heterocycles. The van der Waals surface area contributed by atoms with Crippen molar-refractivity contribution in [2.24, 2.45) is 0 Å². The molecule has 0 unspecified atom stereocenters. The van der Waals surface area contributed by atoms with Gasteiger partial charge in [-0.25, -0.2) is 0 Å². The molecule has 0 aromatic rings. The van der Waals surface area contributed by atoms with Crippen molar-refractivity contribution in [3.05, 3.63) is 0 Å². The van der Waals surface area contributed by atoms with Crippen LogP contribution in [0.1, 0.15) is 19.3 Å². The first kappa shape index (κ1) is 18.8. The minimum absolute atomic E-state index is 0.329. The normalized spacial score (nSPS) is 11.6. The Bertz CT molecular complexity index is 136. The molecule has 0 aromatic carbocycles. The van der Waals surface area contributed by atoms with Crippen molar-refractivity contribution in [3.8, 4) is 0 Å². The SMILES string of the molecule is C[As](C)CCCSCCCSCCC[As](C)C. The summed E-state index contributed by atoms with van der Waals surface area (Å²) < 4.78 is 0. The molecule has 0 spiro atoms. The molecule has 0 aliphatic heterocycles. The molecule has 0 aliphatic carbocycles. The molecule has 0 amide bonds. The van der Waals surface area contributed by atoms with Crippen LogP contribution in [0.25, 0.3) is 0 Å². The first-order chi connectivity index (χ1) is 8.13. The molecule has 0 aliphatic rings. The van der Waals surface area contributed by atoms with Gasteiger partial charge in [0.05, 0.1) is 0 Å². The van der Waals surface area contributed by atoms with E-state index >= 15 is 0 Å². The fourth-order valence-electron chi connectivity index (χ4n) is 1.43. The van der Waals surface area contributed by atoms with Crippen molar-refractivity contribution in [3.63, 3.8) is 0 Å². The first-order valence-corrected chi connectivity index (χ1v) is 19.0. The Kier molecular flexibility index (Phi) is 15.8. The maximum atomic E-state index is 2.47. The van der Waals surface area contributed by atoms with Gasteiger partial charge in [-0.05, 0) is 0 Å². The van der Waals surface area contributed by atoms with Crippen LogP contribution in [0.15, 0.2) is 0 Å². The molecule has 17 heavy (non-hydrogen) atoms. The van der Waals surface area contributed by atoms with E-state index in [0.29, 0.717) is 0 Å². The molecule has 0 radical (unpaired) electrons. The van der Waals surface area contributed by atoms with E-state index in [4.69, 9.17) is 0 Å². The van der Waals surface area contributed by atoms with Gasteiger partial charge in [0.15, 0.2) is 0 Å². The summed E-state index contributed by atoms with van der Waals surface area (Å²) in [5.74, 6) is 5.62. The van der Waals surface area contributed by atoms with E-state index in [1.807, 2.05) is 0 Å². The summed E-state index contributed by atoms with van der Waals surface area (Å²) in [5.41, 5.74) is 9.87. The molecule has 0 saturated heterocycles. The summed E-state index contributed by atoms with van der Waals surface area (Å²) in [7, 11) is 0. The standard InChI is InChI=1S/C13H30As2S2/c1-14(2)8-5-10-16-12-7-13-17-11-6-9-15(3)4/h5-13H2,1-4H3. The Labute approximate surface area is 127 Å². The third kappa shape index (κ3) is 17.8. The third-order valence-electron chi connectivity index (χ3n) is 2.37. The Balaban J connectivity index is 2.94. The van der Waals surface area contributed by atoms with Crippen molar-refractivity contribution in [1.29, 1.82) is 0 Å². The van der Waals surface area contributed by atoms with Gasteiger partial charge in [-0.15, -0.1) is 0 Å². The molecule has 0 atom stereocenters. The molecular weight excluding hydrogens is 370 g/mol. The Morgan fingerprint density at radius 2 is 0.941 bits per heavy atom. The predicted molar refractivity (Wildman–Crippen MR) is 93.1 cm³/mol. The van der Waals surface area contributed by atoms with E-state index in [0.717, 1.165) is 0 Å². The topological polar surface area (TPSA) is 0 Å². The first-order valence-electron chi connectivity index (χ1n) is 6.58. The van der Waals surface area contributed by atoms with E-state index in [2.05, 4.69) is 46.4 Å². The molecule has 4 heteroatoms. The van der Waals surface area contributed by atoms with Crippen LogP contribution >= 0.6 is 23.5 Å². The van der Waals surface area contributed by atoms with Crippen LogP contribution < -0.4 is 0 Å².